The van der Waals surface area contributed by atoms with Crippen molar-refractivity contribution in [2.75, 3.05) is 11.9 Å². The van der Waals surface area contributed by atoms with Crippen LogP contribution >= 0.6 is 11.5 Å². The lowest BCUT2D eigenvalue weighted by atomic mass is 10.1. The van der Waals surface area contributed by atoms with Gasteiger partial charge in [-0.25, -0.2) is 0 Å². The Morgan fingerprint density at radius 3 is 3.00 bits per heavy atom. The zero-order valence-corrected chi connectivity index (χ0v) is 11.0. The van der Waals surface area contributed by atoms with Crippen LogP contribution in [0.1, 0.15) is 21.5 Å². The number of rotatable bonds is 2. The SMILES string of the molecule is Cc1cc(C#CCN)cc(C(=O)Nc2nnns2)c1. The second kappa shape index (κ2) is 6.04. The number of hydrogen-bond donors (Lipinski definition) is 2. The van der Waals surface area contributed by atoms with Crippen molar-refractivity contribution < 1.29 is 4.79 Å². The molecule has 96 valence electrons. The molecule has 19 heavy (non-hydrogen) atoms. The van der Waals surface area contributed by atoms with Crippen molar-refractivity contribution in [2.45, 2.75) is 6.92 Å². The Morgan fingerprint density at radius 1 is 1.47 bits per heavy atom. The van der Waals surface area contributed by atoms with Gasteiger partial charge >= 0.3 is 0 Å². The molecule has 1 aromatic heterocycles. The van der Waals surface area contributed by atoms with Crippen molar-refractivity contribution in [2.24, 2.45) is 5.73 Å². The molecular formula is C12H11N5OS. The second-order valence-corrected chi connectivity index (χ2v) is 4.45. The summed E-state index contributed by atoms with van der Waals surface area (Å²) in [6, 6.07) is 5.38. The Bertz CT molecular complexity index is 642. The molecule has 7 heteroatoms. The van der Waals surface area contributed by atoms with Crippen LogP contribution in [0.15, 0.2) is 18.2 Å². The quantitative estimate of drug-likeness (QED) is 0.789. The highest BCUT2D eigenvalue weighted by Gasteiger charge is 2.09. The van der Waals surface area contributed by atoms with Crippen molar-refractivity contribution in [1.82, 2.24) is 14.8 Å². The van der Waals surface area contributed by atoms with Gasteiger partial charge in [-0.2, -0.15) is 0 Å². The summed E-state index contributed by atoms with van der Waals surface area (Å²) in [4.78, 5) is 12.0. The predicted molar refractivity (Wildman–Crippen MR) is 72.8 cm³/mol. The number of nitrogens with two attached hydrogens (primary N) is 1. The van der Waals surface area contributed by atoms with Crippen LogP contribution in [0, 0.1) is 18.8 Å². The molecule has 0 fully saturated rings. The number of nitrogens with zero attached hydrogens (tertiary/aromatic N) is 3. The summed E-state index contributed by atoms with van der Waals surface area (Å²) in [5.41, 5.74) is 7.54. The largest absolute Gasteiger partial charge is 0.320 e. The molecule has 0 aliphatic heterocycles. The molecule has 0 unspecified atom stereocenters. The lowest BCUT2D eigenvalue weighted by Gasteiger charge is -2.03. The van der Waals surface area contributed by atoms with Gasteiger partial charge in [-0.1, -0.05) is 21.4 Å². The highest BCUT2D eigenvalue weighted by molar-refractivity contribution is 7.09. The van der Waals surface area contributed by atoms with Gasteiger partial charge < -0.3 is 5.73 Å². The minimum absolute atomic E-state index is 0.266. The molecule has 1 aromatic carbocycles. The maximum Gasteiger partial charge on any atom is 0.257 e. The monoisotopic (exact) mass is 273 g/mol. The van der Waals surface area contributed by atoms with Crippen LogP contribution in [0.4, 0.5) is 5.13 Å². The lowest BCUT2D eigenvalue weighted by molar-refractivity contribution is 0.102. The molecular weight excluding hydrogens is 262 g/mol. The first kappa shape index (κ1) is 13.1. The number of nitrogens with one attached hydrogen (secondary N) is 1. The van der Waals surface area contributed by atoms with Gasteiger partial charge in [-0.05, 0) is 35.9 Å². The van der Waals surface area contributed by atoms with E-state index in [9.17, 15) is 4.79 Å². The van der Waals surface area contributed by atoms with E-state index in [1.165, 1.54) is 0 Å². The number of benzene rings is 1. The topological polar surface area (TPSA) is 93.8 Å². The fourth-order valence-electron chi connectivity index (χ4n) is 1.49. The first-order valence-electron chi connectivity index (χ1n) is 5.46. The van der Waals surface area contributed by atoms with Crippen LogP contribution in [0.25, 0.3) is 0 Å². The lowest BCUT2D eigenvalue weighted by Crippen LogP contribution is -2.12. The number of carbonyl (C=O) groups excluding carboxylic acids is 1. The van der Waals surface area contributed by atoms with Gasteiger partial charge in [0.05, 0.1) is 6.54 Å². The summed E-state index contributed by atoms with van der Waals surface area (Å²) in [7, 11) is 0. The molecule has 1 amide bonds. The van der Waals surface area contributed by atoms with Gasteiger partial charge in [0.25, 0.3) is 5.91 Å². The fraction of sp³-hybridized carbons (Fsp3) is 0.167. The Hall–Kier alpha value is -2.30. The van der Waals surface area contributed by atoms with Gasteiger partial charge in [0.1, 0.15) is 0 Å². The van der Waals surface area contributed by atoms with Crippen LogP contribution in [0.5, 0.6) is 0 Å². The molecule has 0 saturated heterocycles. The Balaban J connectivity index is 2.24. The first-order chi connectivity index (χ1) is 9.19. The van der Waals surface area contributed by atoms with Crippen molar-refractivity contribution >= 4 is 22.6 Å². The number of hydrogen-bond acceptors (Lipinski definition) is 6. The molecule has 0 saturated carbocycles. The molecule has 0 spiro atoms. The molecule has 0 atom stereocenters. The van der Waals surface area contributed by atoms with Crippen molar-refractivity contribution in [3.63, 3.8) is 0 Å². The third-order valence-electron chi connectivity index (χ3n) is 2.19. The van der Waals surface area contributed by atoms with Crippen molar-refractivity contribution in [3.05, 3.63) is 34.9 Å². The smallest absolute Gasteiger partial charge is 0.257 e. The Kier molecular flexibility index (Phi) is 4.18. The summed E-state index contributed by atoms with van der Waals surface area (Å²) in [6.45, 7) is 2.18. The molecule has 0 aliphatic rings. The third-order valence-corrected chi connectivity index (χ3v) is 2.71. The molecule has 3 N–H and O–H groups in total. The number of anilines is 1. The van der Waals surface area contributed by atoms with Crippen LogP contribution in [-0.2, 0) is 0 Å². The van der Waals surface area contributed by atoms with E-state index in [-0.39, 0.29) is 12.5 Å². The summed E-state index contributed by atoms with van der Waals surface area (Å²) in [5.74, 6) is 5.40. The highest BCUT2D eigenvalue weighted by atomic mass is 32.1. The number of carbonyl (C=O) groups is 1. The maximum absolute atomic E-state index is 12.0. The summed E-state index contributed by atoms with van der Waals surface area (Å²) in [6.07, 6.45) is 0. The van der Waals surface area contributed by atoms with Gasteiger partial charge in [-0.3, -0.25) is 10.1 Å². The third kappa shape index (κ3) is 3.58. The summed E-state index contributed by atoms with van der Waals surface area (Å²) in [5, 5.41) is 10.1. The van der Waals surface area contributed by atoms with E-state index in [2.05, 4.69) is 32.0 Å². The number of aromatic nitrogens is 3. The van der Waals surface area contributed by atoms with Crippen LogP contribution in [0.3, 0.4) is 0 Å². The average molecular weight is 273 g/mol. The van der Waals surface area contributed by atoms with Crippen LogP contribution in [-0.4, -0.2) is 27.3 Å². The molecule has 1 heterocycles. The maximum atomic E-state index is 12.0. The van der Waals surface area contributed by atoms with E-state index >= 15 is 0 Å². The number of amides is 1. The fourth-order valence-corrected chi connectivity index (χ4v) is 1.85. The van der Waals surface area contributed by atoms with E-state index in [0.717, 1.165) is 22.7 Å². The molecule has 2 aromatic rings. The van der Waals surface area contributed by atoms with E-state index in [1.807, 2.05) is 13.0 Å². The van der Waals surface area contributed by atoms with Gasteiger partial charge in [-0.15, -0.1) is 0 Å². The van der Waals surface area contributed by atoms with Gasteiger partial charge in [0, 0.05) is 22.7 Å². The van der Waals surface area contributed by atoms with Crippen LogP contribution < -0.4 is 11.1 Å². The minimum atomic E-state index is -0.266. The second-order valence-electron chi connectivity index (χ2n) is 3.72. The zero-order valence-electron chi connectivity index (χ0n) is 10.2. The van der Waals surface area contributed by atoms with Crippen molar-refractivity contribution in [1.29, 1.82) is 0 Å². The minimum Gasteiger partial charge on any atom is -0.320 e. The van der Waals surface area contributed by atoms with E-state index in [0.29, 0.717) is 10.7 Å². The summed E-state index contributed by atoms with van der Waals surface area (Å²) < 4.78 is 3.57. The van der Waals surface area contributed by atoms with E-state index in [4.69, 9.17) is 5.73 Å². The Morgan fingerprint density at radius 2 is 2.32 bits per heavy atom. The van der Waals surface area contributed by atoms with Gasteiger partial charge in [0.2, 0.25) is 5.13 Å². The van der Waals surface area contributed by atoms with E-state index in [1.54, 1.807) is 12.1 Å². The average Bonchev–Trinajstić information content (AvgIpc) is 2.88. The predicted octanol–water partition coefficient (Wildman–Crippen LogP) is 0.804. The molecule has 6 nitrogen and oxygen atoms in total. The molecule has 0 aliphatic carbocycles. The molecule has 0 radical (unpaired) electrons. The van der Waals surface area contributed by atoms with Gasteiger partial charge in [0.15, 0.2) is 0 Å². The summed E-state index contributed by atoms with van der Waals surface area (Å²) >= 11 is 1.02. The molecule has 2 rings (SSSR count). The Labute approximate surface area is 114 Å². The highest BCUT2D eigenvalue weighted by Crippen LogP contribution is 2.12. The molecule has 0 bridgehead atoms. The van der Waals surface area contributed by atoms with Crippen LogP contribution in [0.2, 0.25) is 0 Å². The standard InChI is InChI=1S/C12H11N5OS/c1-8-5-9(3-2-4-13)7-10(6-8)11(18)14-12-15-16-17-19-12/h5-7H,4,13H2,1H3,(H,14,15,17,18). The zero-order chi connectivity index (χ0) is 13.7. The number of aryl methyl sites for hydroxylation is 1. The van der Waals surface area contributed by atoms with Crippen molar-refractivity contribution in [3.8, 4) is 11.8 Å². The normalized spacial score (nSPS) is 9.58. The first-order valence-corrected chi connectivity index (χ1v) is 6.23. The van der Waals surface area contributed by atoms with E-state index < -0.39 is 0 Å².